The van der Waals surface area contributed by atoms with Gasteiger partial charge in [0.05, 0.1) is 5.56 Å². The van der Waals surface area contributed by atoms with Gasteiger partial charge in [-0.15, -0.1) is 0 Å². The Morgan fingerprint density at radius 1 is 1.55 bits per heavy atom. The standard InChI is InChI=1S/C8H9FN2/c1-11-5-6-7(9)3-2-4-8(6)10/h2-5H,10H2,1H3. The highest BCUT2D eigenvalue weighted by Crippen LogP contribution is 2.12. The van der Waals surface area contributed by atoms with Gasteiger partial charge in [0, 0.05) is 18.9 Å². The second-order valence-electron chi connectivity index (χ2n) is 2.13. The molecule has 0 radical (unpaired) electrons. The van der Waals surface area contributed by atoms with Gasteiger partial charge in [-0.05, 0) is 12.1 Å². The van der Waals surface area contributed by atoms with Crippen LogP contribution in [0.4, 0.5) is 10.1 Å². The van der Waals surface area contributed by atoms with E-state index in [1.807, 2.05) is 0 Å². The summed E-state index contributed by atoms with van der Waals surface area (Å²) in [5.74, 6) is -0.337. The molecule has 0 aliphatic heterocycles. The topological polar surface area (TPSA) is 38.4 Å². The predicted molar refractivity (Wildman–Crippen MR) is 44.3 cm³/mol. The molecule has 2 nitrogen and oxygen atoms in total. The highest BCUT2D eigenvalue weighted by atomic mass is 19.1. The van der Waals surface area contributed by atoms with Gasteiger partial charge in [0.1, 0.15) is 5.82 Å². The minimum absolute atomic E-state index is 0.337. The second kappa shape index (κ2) is 3.14. The van der Waals surface area contributed by atoms with E-state index in [1.54, 1.807) is 19.2 Å². The van der Waals surface area contributed by atoms with Crippen molar-refractivity contribution in [1.82, 2.24) is 0 Å². The highest BCUT2D eigenvalue weighted by Gasteiger charge is 2.00. The molecule has 0 unspecified atom stereocenters. The number of hydrogen-bond donors (Lipinski definition) is 1. The van der Waals surface area contributed by atoms with Crippen LogP contribution < -0.4 is 5.73 Å². The van der Waals surface area contributed by atoms with Crippen LogP contribution in [0.5, 0.6) is 0 Å². The lowest BCUT2D eigenvalue weighted by molar-refractivity contribution is 0.626. The van der Waals surface area contributed by atoms with Gasteiger partial charge in [0.25, 0.3) is 0 Å². The molecule has 0 bridgehead atoms. The number of rotatable bonds is 1. The van der Waals surface area contributed by atoms with Crippen molar-refractivity contribution in [3.05, 3.63) is 29.6 Å². The summed E-state index contributed by atoms with van der Waals surface area (Å²) in [5.41, 5.74) is 6.25. The molecule has 0 spiro atoms. The maximum atomic E-state index is 12.9. The van der Waals surface area contributed by atoms with Gasteiger partial charge in [0.2, 0.25) is 0 Å². The predicted octanol–water partition coefficient (Wildman–Crippen LogP) is 1.46. The van der Waals surface area contributed by atoms with Crippen molar-refractivity contribution in [3.8, 4) is 0 Å². The average Bonchev–Trinajstić information content (AvgIpc) is 1.97. The SMILES string of the molecule is CN=Cc1c(N)cccc1F. The monoisotopic (exact) mass is 152 g/mol. The first-order valence-corrected chi connectivity index (χ1v) is 3.22. The van der Waals surface area contributed by atoms with E-state index in [0.29, 0.717) is 11.3 Å². The number of nitrogens with two attached hydrogens (primary N) is 1. The first kappa shape index (κ1) is 7.72. The van der Waals surface area contributed by atoms with Crippen LogP contribution in [0.3, 0.4) is 0 Å². The Balaban J connectivity index is 3.20. The lowest BCUT2D eigenvalue weighted by atomic mass is 10.2. The number of halogens is 1. The largest absolute Gasteiger partial charge is 0.398 e. The molecule has 1 aromatic rings. The van der Waals surface area contributed by atoms with Gasteiger partial charge >= 0.3 is 0 Å². The van der Waals surface area contributed by atoms with Crippen LogP contribution in [-0.4, -0.2) is 13.3 Å². The van der Waals surface area contributed by atoms with Crippen LogP contribution in [0.1, 0.15) is 5.56 Å². The van der Waals surface area contributed by atoms with E-state index in [4.69, 9.17) is 5.73 Å². The summed E-state index contributed by atoms with van der Waals surface area (Å²) >= 11 is 0. The first-order valence-electron chi connectivity index (χ1n) is 3.22. The molecule has 3 heteroatoms. The summed E-state index contributed by atoms with van der Waals surface area (Å²) in [6, 6.07) is 4.56. The molecule has 0 fully saturated rings. The van der Waals surface area contributed by atoms with Crippen LogP contribution in [0.2, 0.25) is 0 Å². The maximum Gasteiger partial charge on any atom is 0.134 e. The zero-order valence-corrected chi connectivity index (χ0v) is 6.21. The molecule has 1 rings (SSSR count). The third-order valence-corrected chi connectivity index (χ3v) is 1.34. The van der Waals surface area contributed by atoms with Crippen molar-refractivity contribution in [1.29, 1.82) is 0 Å². The van der Waals surface area contributed by atoms with Crippen LogP contribution in [0.15, 0.2) is 23.2 Å². The van der Waals surface area contributed by atoms with Crippen molar-refractivity contribution in [2.75, 3.05) is 12.8 Å². The molecule has 1 aromatic carbocycles. The van der Waals surface area contributed by atoms with Gasteiger partial charge in [-0.3, -0.25) is 4.99 Å². The zero-order chi connectivity index (χ0) is 8.27. The van der Waals surface area contributed by atoms with Crippen LogP contribution in [-0.2, 0) is 0 Å². The van der Waals surface area contributed by atoms with Crippen molar-refractivity contribution in [2.24, 2.45) is 4.99 Å². The van der Waals surface area contributed by atoms with E-state index in [9.17, 15) is 4.39 Å². The number of nitrogen functional groups attached to an aromatic ring is 1. The quantitative estimate of drug-likeness (QED) is 0.480. The molecule has 0 aromatic heterocycles. The van der Waals surface area contributed by atoms with Gasteiger partial charge in [0.15, 0.2) is 0 Å². The van der Waals surface area contributed by atoms with Crippen molar-refractivity contribution in [2.45, 2.75) is 0 Å². The smallest absolute Gasteiger partial charge is 0.134 e. The van der Waals surface area contributed by atoms with Gasteiger partial charge < -0.3 is 5.73 Å². The molecule has 0 atom stereocenters. The summed E-state index contributed by atoms with van der Waals surface area (Å²) in [5, 5.41) is 0. The number of anilines is 1. The zero-order valence-electron chi connectivity index (χ0n) is 6.21. The summed E-state index contributed by atoms with van der Waals surface area (Å²) in [6.07, 6.45) is 1.41. The Kier molecular flexibility index (Phi) is 2.21. The maximum absolute atomic E-state index is 12.9. The highest BCUT2D eigenvalue weighted by molar-refractivity contribution is 5.86. The minimum Gasteiger partial charge on any atom is -0.398 e. The number of nitrogens with zero attached hydrogens (tertiary/aromatic N) is 1. The van der Waals surface area contributed by atoms with Crippen molar-refractivity contribution in [3.63, 3.8) is 0 Å². The summed E-state index contributed by atoms with van der Waals surface area (Å²) in [4.78, 5) is 3.68. The van der Waals surface area contributed by atoms with E-state index < -0.39 is 0 Å². The second-order valence-corrected chi connectivity index (χ2v) is 2.13. The van der Waals surface area contributed by atoms with E-state index >= 15 is 0 Å². The van der Waals surface area contributed by atoms with Crippen LogP contribution >= 0.6 is 0 Å². The fraction of sp³-hybridized carbons (Fsp3) is 0.125. The molecule has 0 amide bonds. The lowest BCUT2D eigenvalue weighted by Crippen LogP contribution is -1.96. The lowest BCUT2D eigenvalue weighted by Gasteiger charge is -1.98. The van der Waals surface area contributed by atoms with Crippen molar-refractivity contribution >= 4 is 11.9 Å². The Morgan fingerprint density at radius 2 is 2.27 bits per heavy atom. The van der Waals surface area contributed by atoms with E-state index in [2.05, 4.69) is 4.99 Å². The normalized spacial score (nSPS) is 10.7. The van der Waals surface area contributed by atoms with E-state index in [-0.39, 0.29) is 5.82 Å². The Morgan fingerprint density at radius 3 is 2.82 bits per heavy atom. The van der Waals surface area contributed by atoms with Crippen LogP contribution in [0.25, 0.3) is 0 Å². The van der Waals surface area contributed by atoms with Gasteiger partial charge in [-0.25, -0.2) is 4.39 Å². The molecular formula is C8H9FN2. The molecule has 0 heterocycles. The average molecular weight is 152 g/mol. The van der Waals surface area contributed by atoms with Gasteiger partial charge in [-0.2, -0.15) is 0 Å². The summed E-state index contributed by atoms with van der Waals surface area (Å²) < 4.78 is 12.9. The molecular weight excluding hydrogens is 143 g/mol. The van der Waals surface area contributed by atoms with E-state index in [0.717, 1.165) is 0 Å². The molecule has 0 saturated heterocycles. The molecule has 11 heavy (non-hydrogen) atoms. The number of aliphatic imine (C=N–C) groups is 1. The molecule has 0 aliphatic rings. The molecule has 0 saturated carbocycles. The third kappa shape index (κ3) is 1.55. The summed E-state index contributed by atoms with van der Waals surface area (Å²) in [7, 11) is 1.58. The molecule has 2 N–H and O–H groups in total. The fourth-order valence-electron chi connectivity index (χ4n) is 0.819. The van der Waals surface area contributed by atoms with Gasteiger partial charge in [-0.1, -0.05) is 6.07 Å². The molecule has 58 valence electrons. The minimum atomic E-state index is -0.337. The summed E-state index contributed by atoms with van der Waals surface area (Å²) in [6.45, 7) is 0. The first-order chi connectivity index (χ1) is 5.25. The Hall–Kier alpha value is -1.38. The fourth-order valence-corrected chi connectivity index (χ4v) is 0.819. The van der Waals surface area contributed by atoms with E-state index in [1.165, 1.54) is 12.3 Å². The molecule has 0 aliphatic carbocycles. The third-order valence-electron chi connectivity index (χ3n) is 1.34. The van der Waals surface area contributed by atoms with Crippen molar-refractivity contribution < 1.29 is 4.39 Å². The van der Waals surface area contributed by atoms with Crippen LogP contribution in [0, 0.1) is 5.82 Å². The number of benzene rings is 1. The number of hydrogen-bond acceptors (Lipinski definition) is 2. The Bertz CT molecular complexity index is 261. The Labute approximate surface area is 64.6 Å².